The molecule has 0 saturated carbocycles. The van der Waals surface area contributed by atoms with Crippen molar-refractivity contribution in [3.05, 3.63) is 30.1 Å². The zero-order valence-corrected chi connectivity index (χ0v) is 14.8. The number of anilines is 1. The molecule has 0 bridgehead atoms. The fraction of sp³-hybridized carbons (Fsp3) is 0.579. The first kappa shape index (κ1) is 18.8. The van der Waals surface area contributed by atoms with Gasteiger partial charge in [0, 0.05) is 37.9 Å². The van der Waals surface area contributed by atoms with E-state index < -0.39 is 6.04 Å². The highest BCUT2D eigenvalue weighted by molar-refractivity contribution is 5.92. The Morgan fingerprint density at radius 3 is 2.54 bits per heavy atom. The molecule has 2 amide bonds. The number of benzene rings is 1. The Morgan fingerprint density at radius 1 is 1.19 bits per heavy atom. The number of hydrogen-bond acceptors (Lipinski definition) is 4. The van der Waals surface area contributed by atoms with Crippen molar-refractivity contribution in [1.82, 2.24) is 4.90 Å². The Bertz CT molecular complexity index is 641. The van der Waals surface area contributed by atoms with E-state index in [1.165, 1.54) is 12.1 Å². The lowest BCUT2D eigenvalue weighted by Gasteiger charge is -2.35. The summed E-state index contributed by atoms with van der Waals surface area (Å²) in [4.78, 5) is 26.8. The molecule has 2 saturated heterocycles. The van der Waals surface area contributed by atoms with E-state index in [-0.39, 0.29) is 29.5 Å². The topological polar surface area (TPSA) is 84.7 Å². The average Bonchev–Trinajstić information content (AvgIpc) is 2.67. The normalized spacial score (nSPS) is 20.6. The molecule has 7 heteroatoms. The minimum atomic E-state index is -0.489. The Kier molecular flexibility index (Phi) is 6.21. The maximum Gasteiger partial charge on any atom is 0.239 e. The number of carbonyl (C=O) groups is 2. The van der Waals surface area contributed by atoms with Crippen molar-refractivity contribution < 1.29 is 18.7 Å². The first-order chi connectivity index (χ1) is 12.5. The molecule has 0 radical (unpaired) electrons. The van der Waals surface area contributed by atoms with Crippen molar-refractivity contribution in [3.63, 3.8) is 0 Å². The number of piperidine rings is 1. The van der Waals surface area contributed by atoms with Crippen LogP contribution < -0.4 is 11.1 Å². The fourth-order valence-electron chi connectivity index (χ4n) is 3.66. The van der Waals surface area contributed by atoms with Crippen LogP contribution in [-0.4, -0.2) is 49.1 Å². The van der Waals surface area contributed by atoms with Crippen molar-refractivity contribution in [2.75, 3.05) is 31.6 Å². The van der Waals surface area contributed by atoms with Gasteiger partial charge in [-0.1, -0.05) is 6.07 Å². The zero-order valence-electron chi connectivity index (χ0n) is 14.8. The van der Waals surface area contributed by atoms with Gasteiger partial charge in [-0.05, 0) is 49.8 Å². The summed E-state index contributed by atoms with van der Waals surface area (Å²) in [5.41, 5.74) is 6.63. The number of hydrogen-bond donors (Lipinski definition) is 2. The second kappa shape index (κ2) is 8.60. The van der Waals surface area contributed by atoms with Crippen LogP contribution in [0.1, 0.15) is 25.7 Å². The summed E-state index contributed by atoms with van der Waals surface area (Å²) in [5, 5.41) is 2.75. The third kappa shape index (κ3) is 4.59. The highest BCUT2D eigenvalue weighted by atomic mass is 19.1. The number of amides is 2. The molecule has 142 valence electrons. The smallest absolute Gasteiger partial charge is 0.239 e. The maximum atomic E-state index is 13.2. The van der Waals surface area contributed by atoms with Crippen LogP contribution in [0.3, 0.4) is 0 Å². The van der Waals surface area contributed by atoms with E-state index >= 15 is 0 Å². The molecule has 1 unspecified atom stereocenters. The Balaban J connectivity index is 1.48. The molecule has 0 aliphatic carbocycles. The first-order valence-electron chi connectivity index (χ1n) is 9.23. The van der Waals surface area contributed by atoms with Crippen molar-refractivity contribution in [2.45, 2.75) is 31.7 Å². The van der Waals surface area contributed by atoms with Gasteiger partial charge in [-0.25, -0.2) is 4.39 Å². The summed E-state index contributed by atoms with van der Waals surface area (Å²) in [6.07, 6.45) is 2.82. The van der Waals surface area contributed by atoms with Crippen molar-refractivity contribution in [2.24, 2.45) is 17.6 Å². The number of carbonyl (C=O) groups excluding carboxylic acids is 2. The molecule has 3 N–H and O–H groups in total. The lowest BCUT2D eigenvalue weighted by atomic mass is 9.90. The average molecular weight is 363 g/mol. The van der Waals surface area contributed by atoms with Crippen molar-refractivity contribution in [3.8, 4) is 0 Å². The van der Waals surface area contributed by atoms with E-state index in [1.807, 2.05) is 0 Å². The monoisotopic (exact) mass is 363 g/mol. The first-order valence-corrected chi connectivity index (χ1v) is 9.23. The number of ether oxygens (including phenoxy) is 1. The zero-order chi connectivity index (χ0) is 18.5. The van der Waals surface area contributed by atoms with Crippen LogP contribution in [0.5, 0.6) is 0 Å². The van der Waals surface area contributed by atoms with Gasteiger partial charge in [0.15, 0.2) is 0 Å². The van der Waals surface area contributed by atoms with Gasteiger partial charge in [0.05, 0.1) is 6.04 Å². The number of likely N-dealkylation sites (tertiary alicyclic amines) is 1. The summed E-state index contributed by atoms with van der Waals surface area (Å²) in [6.45, 7) is 2.37. The van der Waals surface area contributed by atoms with Crippen LogP contribution in [0.25, 0.3) is 0 Å². The van der Waals surface area contributed by atoms with Gasteiger partial charge in [0.2, 0.25) is 11.8 Å². The standard InChI is InChI=1S/C19H26FN3O3/c20-15-2-1-3-16(12-15)22-18(24)14-4-8-23(9-5-14)19(25)17(21)13-6-10-26-11-7-13/h1-3,12-14,17H,4-11,21H2,(H,22,24). The van der Waals surface area contributed by atoms with Gasteiger partial charge in [-0.2, -0.15) is 0 Å². The lowest BCUT2D eigenvalue weighted by molar-refractivity contribution is -0.137. The molecule has 2 aliphatic rings. The van der Waals surface area contributed by atoms with Crippen LogP contribution in [0.4, 0.5) is 10.1 Å². The lowest BCUT2D eigenvalue weighted by Crippen LogP contribution is -2.51. The van der Waals surface area contributed by atoms with Gasteiger partial charge >= 0.3 is 0 Å². The second-order valence-electron chi connectivity index (χ2n) is 7.07. The molecule has 1 aromatic rings. The fourth-order valence-corrected chi connectivity index (χ4v) is 3.66. The summed E-state index contributed by atoms with van der Waals surface area (Å²) in [7, 11) is 0. The van der Waals surface area contributed by atoms with Gasteiger partial charge < -0.3 is 20.7 Å². The van der Waals surface area contributed by atoms with Crippen LogP contribution in [0, 0.1) is 17.7 Å². The second-order valence-corrected chi connectivity index (χ2v) is 7.07. The van der Waals surface area contributed by atoms with Crippen molar-refractivity contribution >= 4 is 17.5 Å². The summed E-state index contributed by atoms with van der Waals surface area (Å²) >= 11 is 0. The van der Waals surface area contributed by atoms with E-state index in [0.29, 0.717) is 44.8 Å². The SMILES string of the molecule is NC(C(=O)N1CCC(C(=O)Nc2cccc(F)c2)CC1)C1CCOCC1. The molecule has 1 atom stereocenters. The number of nitrogens with zero attached hydrogens (tertiary/aromatic N) is 1. The Labute approximate surface area is 152 Å². The number of rotatable bonds is 4. The highest BCUT2D eigenvalue weighted by Gasteiger charge is 2.33. The molecule has 1 aromatic carbocycles. The minimum Gasteiger partial charge on any atom is -0.381 e. The molecule has 2 fully saturated rings. The van der Waals surface area contributed by atoms with Gasteiger partial charge in [-0.15, -0.1) is 0 Å². The van der Waals surface area contributed by atoms with E-state index in [1.54, 1.807) is 17.0 Å². The Morgan fingerprint density at radius 2 is 1.88 bits per heavy atom. The molecule has 2 heterocycles. The van der Waals surface area contributed by atoms with E-state index in [4.69, 9.17) is 10.5 Å². The Hall–Kier alpha value is -1.99. The summed E-state index contributed by atoms with van der Waals surface area (Å²) in [6, 6.07) is 5.36. The number of nitrogens with two attached hydrogens (primary N) is 1. The quantitative estimate of drug-likeness (QED) is 0.854. The molecule has 2 aliphatic heterocycles. The minimum absolute atomic E-state index is 0.0270. The summed E-state index contributed by atoms with van der Waals surface area (Å²) in [5.74, 6) is -0.547. The third-order valence-corrected chi connectivity index (χ3v) is 5.33. The predicted octanol–water partition coefficient (Wildman–Crippen LogP) is 1.76. The maximum absolute atomic E-state index is 13.2. The van der Waals surface area contributed by atoms with Crippen molar-refractivity contribution in [1.29, 1.82) is 0 Å². The molecule has 26 heavy (non-hydrogen) atoms. The molecule has 6 nitrogen and oxygen atoms in total. The van der Waals surface area contributed by atoms with E-state index in [0.717, 1.165) is 12.8 Å². The molecular formula is C19H26FN3O3. The molecular weight excluding hydrogens is 337 g/mol. The number of halogens is 1. The third-order valence-electron chi connectivity index (χ3n) is 5.33. The van der Waals surface area contributed by atoms with Crippen LogP contribution in [0.2, 0.25) is 0 Å². The van der Waals surface area contributed by atoms with Gasteiger partial charge in [0.1, 0.15) is 5.82 Å². The van der Waals surface area contributed by atoms with Gasteiger partial charge in [-0.3, -0.25) is 9.59 Å². The molecule has 0 spiro atoms. The van der Waals surface area contributed by atoms with Gasteiger partial charge in [0.25, 0.3) is 0 Å². The predicted molar refractivity (Wildman–Crippen MR) is 95.9 cm³/mol. The van der Waals surface area contributed by atoms with Crippen LogP contribution >= 0.6 is 0 Å². The van der Waals surface area contributed by atoms with Crippen LogP contribution in [-0.2, 0) is 14.3 Å². The molecule has 0 aromatic heterocycles. The molecule has 3 rings (SSSR count). The van der Waals surface area contributed by atoms with Crippen LogP contribution in [0.15, 0.2) is 24.3 Å². The largest absolute Gasteiger partial charge is 0.381 e. The highest BCUT2D eigenvalue weighted by Crippen LogP contribution is 2.23. The van der Waals surface area contributed by atoms with E-state index in [9.17, 15) is 14.0 Å². The van der Waals surface area contributed by atoms with E-state index in [2.05, 4.69) is 5.32 Å². The summed E-state index contributed by atoms with van der Waals surface area (Å²) < 4.78 is 18.5. The number of nitrogens with one attached hydrogen (secondary N) is 1.